The maximum absolute atomic E-state index is 12.8. The number of carbonyl (C=O) groups excluding carboxylic acids is 1. The molecule has 0 fully saturated rings. The van der Waals surface area contributed by atoms with Gasteiger partial charge in [0, 0.05) is 13.0 Å². The Kier molecular flexibility index (Phi) is 46.6. The Morgan fingerprint density at radius 3 is 1.08 bits per heavy atom. The fourth-order valence-electron chi connectivity index (χ4n) is 8.26. The zero-order chi connectivity index (χ0) is 43.2. The van der Waals surface area contributed by atoms with Crippen LogP contribution < -0.4 is 11.1 Å². The van der Waals surface area contributed by atoms with Gasteiger partial charge in [0.15, 0.2) is 0 Å². The number of nitrogens with two attached hydrogens (primary N) is 1. The molecule has 0 aliphatic rings. The molecule has 9 heteroatoms. The molecular formula is C50H103N2O6P. The first-order valence-corrected chi connectivity index (χ1v) is 27.6. The van der Waals surface area contributed by atoms with Gasteiger partial charge in [-0.25, -0.2) is 4.57 Å². The number of carbonyl (C=O) groups is 1. The predicted molar refractivity (Wildman–Crippen MR) is 254 cm³/mol. The van der Waals surface area contributed by atoms with Crippen molar-refractivity contribution in [2.45, 2.75) is 296 Å². The molecule has 0 saturated carbocycles. The van der Waals surface area contributed by atoms with Crippen molar-refractivity contribution >= 4 is 13.7 Å². The summed E-state index contributed by atoms with van der Waals surface area (Å²) in [4.78, 5) is 22.9. The summed E-state index contributed by atoms with van der Waals surface area (Å²) < 4.78 is 22.3. The van der Waals surface area contributed by atoms with E-state index >= 15 is 0 Å². The minimum Gasteiger partial charge on any atom is -0.391 e. The Labute approximate surface area is 367 Å². The van der Waals surface area contributed by atoms with Crippen LogP contribution >= 0.6 is 7.82 Å². The van der Waals surface area contributed by atoms with Gasteiger partial charge >= 0.3 is 7.82 Å². The number of aliphatic hydroxyl groups excluding tert-OH is 1. The van der Waals surface area contributed by atoms with Gasteiger partial charge in [0.1, 0.15) is 0 Å². The number of rotatable bonds is 50. The molecule has 0 rings (SSSR count). The Hall–Kier alpha value is -0.500. The summed E-state index contributed by atoms with van der Waals surface area (Å²) in [6.45, 7) is 4.27. The molecule has 1 amide bonds. The molecule has 0 saturated heterocycles. The predicted octanol–water partition coefficient (Wildman–Crippen LogP) is 15.3. The number of hydrogen-bond donors (Lipinski definition) is 4. The van der Waals surface area contributed by atoms with Crippen LogP contribution in [-0.2, 0) is 18.4 Å². The van der Waals surface area contributed by atoms with E-state index in [-0.39, 0.29) is 25.7 Å². The molecule has 0 heterocycles. The van der Waals surface area contributed by atoms with Crippen molar-refractivity contribution in [1.82, 2.24) is 5.32 Å². The molecule has 59 heavy (non-hydrogen) atoms. The van der Waals surface area contributed by atoms with E-state index in [1.54, 1.807) is 0 Å². The molecule has 0 aromatic carbocycles. The molecule has 0 aliphatic carbocycles. The summed E-state index contributed by atoms with van der Waals surface area (Å²) in [7, 11) is -4.32. The summed E-state index contributed by atoms with van der Waals surface area (Å²) >= 11 is 0. The van der Waals surface area contributed by atoms with Gasteiger partial charge in [0.05, 0.1) is 25.4 Å². The summed E-state index contributed by atoms with van der Waals surface area (Å²) in [5.74, 6) is -0.154. The van der Waals surface area contributed by atoms with Gasteiger partial charge < -0.3 is 21.1 Å². The Balaban J connectivity index is 4.00. The Morgan fingerprint density at radius 1 is 0.492 bits per heavy atom. The number of nitrogens with one attached hydrogen (secondary N) is 1. The molecule has 3 atom stereocenters. The van der Waals surface area contributed by atoms with Crippen molar-refractivity contribution in [2.75, 3.05) is 19.8 Å². The van der Waals surface area contributed by atoms with Crippen LogP contribution in [0.25, 0.3) is 0 Å². The summed E-state index contributed by atoms with van der Waals surface area (Å²) in [5, 5.41) is 13.9. The van der Waals surface area contributed by atoms with E-state index < -0.39 is 20.0 Å². The summed E-state index contributed by atoms with van der Waals surface area (Å²) in [6.07, 6.45) is 52.7. The highest BCUT2D eigenvalue weighted by atomic mass is 31.2. The van der Waals surface area contributed by atoms with Gasteiger partial charge in [0.2, 0.25) is 5.91 Å². The van der Waals surface area contributed by atoms with Crippen LogP contribution in [0.1, 0.15) is 284 Å². The highest BCUT2D eigenvalue weighted by molar-refractivity contribution is 7.47. The van der Waals surface area contributed by atoms with Crippen LogP contribution in [0.3, 0.4) is 0 Å². The highest BCUT2D eigenvalue weighted by Gasteiger charge is 2.27. The first-order chi connectivity index (χ1) is 28.9. The van der Waals surface area contributed by atoms with Crippen LogP contribution in [-0.4, -0.2) is 47.8 Å². The van der Waals surface area contributed by atoms with Crippen LogP contribution in [0.15, 0.2) is 0 Å². The smallest absolute Gasteiger partial charge is 0.391 e. The standard InChI is InChI=1S/C50H103N2O6P/c1-3-5-7-9-11-13-15-17-19-21-23-24-26-27-29-31-33-35-37-39-41-43-49(53)48(47-58-59(55,56)57-46-45-51)52-50(54)44-42-40-38-36-34-32-30-28-25-22-20-18-16-14-12-10-8-6-4-2/h48-49,53H,3-47,51H2,1-2H3,(H,52,54)(H,55,56). The molecule has 3 unspecified atom stereocenters. The lowest BCUT2D eigenvalue weighted by Crippen LogP contribution is -2.46. The minimum atomic E-state index is -4.32. The summed E-state index contributed by atoms with van der Waals surface area (Å²) in [6, 6.07) is -0.769. The van der Waals surface area contributed by atoms with Gasteiger partial charge in [-0.15, -0.1) is 0 Å². The van der Waals surface area contributed by atoms with E-state index in [0.717, 1.165) is 38.5 Å². The van der Waals surface area contributed by atoms with E-state index in [9.17, 15) is 19.4 Å². The first kappa shape index (κ1) is 58.5. The van der Waals surface area contributed by atoms with Crippen molar-refractivity contribution in [3.8, 4) is 0 Å². The maximum atomic E-state index is 12.8. The highest BCUT2D eigenvalue weighted by Crippen LogP contribution is 2.43. The van der Waals surface area contributed by atoms with E-state index in [0.29, 0.717) is 12.8 Å². The van der Waals surface area contributed by atoms with Crippen molar-refractivity contribution in [3.05, 3.63) is 0 Å². The second kappa shape index (κ2) is 47.0. The number of phosphoric ester groups is 1. The number of amides is 1. The number of phosphoric acid groups is 1. The third-order valence-electron chi connectivity index (χ3n) is 12.2. The zero-order valence-electron chi connectivity index (χ0n) is 39.5. The van der Waals surface area contributed by atoms with Crippen molar-refractivity contribution in [2.24, 2.45) is 5.73 Å². The average molecular weight is 859 g/mol. The van der Waals surface area contributed by atoms with Crippen LogP contribution in [0.4, 0.5) is 0 Å². The molecule has 0 aromatic rings. The molecule has 0 aromatic heterocycles. The average Bonchev–Trinajstić information content (AvgIpc) is 3.22. The van der Waals surface area contributed by atoms with Crippen LogP contribution in [0.5, 0.6) is 0 Å². The molecule has 5 N–H and O–H groups in total. The zero-order valence-corrected chi connectivity index (χ0v) is 40.4. The second-order valence-electron chi connectivity index (χ2n) is 18.1. The molecule has 354 valence electrons. The van der Waals surface area contributed by atoms with Crippen LogP contribution in [0, 0.1) is 0 Å². The van der Waals surface area contributed by atoms with E-state index in [2.05, 4.69) is 19.2 Å². The van der Waals surface area contributed by atoms with E-state index in [1.807, 2.05) is 0 Å². The lowest BCUT2D eigenvalue weighted by atomic mass is 10.0. The third-order valence-corrected chi connectivity index (χ3v) is 13.2. The third kappa shape index (κ3) is 45.3. The largest absolute Gasteiger partial charge is 0.472 e. The normalized spacial score (nSPS) is 13.8. The van der Waals surface area contributed by atoms with E-state index in [1.165, 1.54) is 218 Å². The first-order valence-electron chi connectivity index (χ1n) is 26.2. The second-order valence-corrected chi connectivity index (χ2v) is 19.6. The number of aliphatic hydroxyl groups is 1. The monoisotopic (exact) mass is 859 g/mol. The van der Waals surface area contributed by atoms with Crippen molar-refractivity contribution in [1.29, 1.82) is 0 Å². The Bertz CT molecular complexity index is 895. The fraction of sp³-hybridized carbons (Fsp3) is 0.980. The maximum Gasteiger partial charge on any atom is 0.472 e. The van der Waals surface area contributed by atoms with Crippen molar-refractivity contribution in [3.63, 3.8) is 0 Å². The van der Waals surface area contributed by atoms with Gasteiger partial charge in [-0.05, 0) is 12.8 Å². The molecule has 8 nitrogen and oxygen atoms in total. The van der Waals surface area contributed by atoms with Gasteiger partial charge in [0.25, 0.3) is 0 Å². The van der Waals surface area contributed by atoms with E-state index in [4.69, 9.17) is 14.8 Å². The van der Waals surface area contributed by atoms with Crippen molar-refractivity contribution < 1.29 is 28.4 Å². The molecular weight excluding hydrogens is 756 g/mol. The molecule has 0 radical (unpaired) electrons. The van der Waals surface area contributed by atoms with Gasteiger partial charge in [-0.1, -0.05) is 264 Å². The fourth-order valence-corrected chi connectivity index (χ4v) is 9.02. The van der Waals surface area contributed by atoms with Gasteiger partial charge in [-0.2, -0.15) is 0 Å². The van der Waals surface area contributed by atoms with Crippen LogP contribution in [0.2, 0.25) is 0 Å². The number of hydrogen-bond acceptors (Lipinski definition) is 6. The van der Waals surface area contributed by atoms with Gasteiger partial charge in [-0.3, -0.25) is 13.8 Å². The summed E-state index contributed by atoms with van der Waals surface area (Å²) in [5.41, 5.74) is 5.40. The number of unbranched alkanes of at least 4 members (excludes halogenated alkanes) is 38. The quantitative estimate of drug-likeness (QED) is 0.0354. The Morgan fingerprint density at radius 2 is 0.780 bits per heavy atom. The topological polar surface area (TPSA) is 131 Å². The SMILES string of the molecule is CCCCCCCCCCCCCCCCCCCCCCCC(O)C(COP(=O)(O)OCCN)NC(=O)CCCCCCCCCCCCCCCCCCCCC. The lowest BCUT2D eigenvalue weighted by molar-refractivity contribution is -0.123. The molecule has 0 aliphatic heterocycles. The molecule has 0 bridgehead atoms. The molecule has 0 spiro atoms. The minimum absolute atomic E-state index is 0.0929. The lowest BCUT2D eigenvalue weighted by Gasteiger charge is -2.25.